The van der Waals surface area contributed by atoms with E-state index in [0.717, 1.165) is 23.9 Å². The lowest BCUT2D eigenvalue weighted by Gasteiger charge is -2.30. The topological polar surface area (TPSA) is 35.2 Å². The zero-order valence-electron chi connectivity index (χ0n) is 9.88. The summed E-state index contributed by atoms with van der Waals surface area (Å²) in [4.78, 5) is 0. The van der Waals surface area contributed by atoms with Gasteiger partial charge < -0.3 is 10.5 Å². The van der Waals surface area contributed by atoms with Gasteiger partial charge in [0.1, 0.15) is 5.82 Å². The van der Waals surface area contributed by atoms with E-state index in [1.54, 1.807) is 6.07 Å². The molecule has 0 spiro atoms. The molecule has 1 heterocycles. The minimum Gasteiger partial charge on any atom is -0.374 e. The normalized spacial score (nSPS) is 26.1. The Labute approximate surface area is 109 Å². The van der Waals surface area contributed by atoms with Gasteiger partial charge in [-0.15, -0.1) is 0 Å². The molecule has 1 aromatic carbocycles. The van der Waals surface area contributed by atoms with Crippen LogP contribution in [0.15, 0.2) is 22.7 Å². The zero-order chi connectivity index (χ0) is 12.5. The van der Waals surface area contributed by atoms with Crippen LogP contribution < -0.4 is 5.73 Å². The maximum absolute atomic E-state index is 13.7. The highest BCUT2D eigenvalue weighted by atomic mass is 79.9. The molecule has 0 saturated carbocycles. The summed E-state index contributed by atoms with van der Waals surface area (Å²) < 4.78 is 20.1. The number of rotatable bonds is 3. The van der Waals surface area contributed by atoms with Crippen molar-refractivity contribution in [3.63, 3.8) is 0 Å². The highest BCUT2D eigenvalue weighted by Crippen LogP contribution is 2.29. The number of nitrogens with two attached hydrogens (primary N) is 1. The van der Waals surface area contributed by atoms with Crippen LogP contribution >= 0.6 is 15.9 Å². The molecule has 0 aromatic heterocycles. The van der Waals surface area contributed by atoms with Gasteiger partial charge in [0.2, 0.25) is 0 Å². The molecular weight excluding hydrogens is 285 g/mol. The molecule has 0 bridgehead atoms. The third kappa shape index (κ3) is 2.87. The molecule has 17 heavy (non-hydrogen) atoms. The molecular formula is C13H17BrFNO. The lowest BCUT2D eigenvalue weighted by Crippen LogP contribution is -2.46. The number of ether oxygens (including phenoxy) is 1. The third-order valence-electron chi connectivity index (χ3n) is 3.49. The minimum absolute atomic E-state index is 0.166. The standard InChI is InChI=1S/C13H17BrFNO/c1-13(5-2-6-17-13)12(16)7-9-3-4-10(14)8-11(9)15/h3-4,8,12H,2,5-7,16H2,1H3. The Balaban J connectivity index is 2.10. The van der Waals surface area contributed by atoms with Crippen LogP contribution in [0.1, 0.15) is 25.3 Å². The van der Waals surface area contributed by atoms with Crippen molar-refractivity contribution in [1.29, 1.82) is 0 Å². The van der Waals surface area contributed by atoms with Gasteiger partial charge in [0, 0.05) is 17.1 Å². The molecule has 1 saturated heterocycles. The smallest absolute Gasteiger partial charge is 0.127 e. The van der Waals surface area contributed by atoms with Gasteiger partial charge in [-0.25, -0.2) is 4.39 Å². The van der Waals surface area contributed by atoms with Gasteiger partial charge >= 0.3 is 0 Å². The number of halogens is 2. The van der Waals surface area contributed by atoms with Crippen molar-refractivity contribution in [2.75, 3.05) is 6.61 Å². The van der Waals surface area contributed by atoms with Gasteiger partial charge in [-0.3, -0.25) is 0 Å². The van der Waals surface area contributed by atoms with E-state index < -0.39 is 0 Å². The van der Waals surface area contributed by atoms with Crippen molar-refractivity contribution in [3.05, 3.63) is 34.1 Å². The van der Waals surface area contributed by atoms with Gasteiger partial charge in [0.05, 0.1) is 5.60 Å². The van der Waals surface area contributed by atoms with Gasteiger partial charge in [-0.05, 0) is 43.9 Å². The first kappa shape index (κ1) is 13.0. The van der Waals surface area contributed by atoms with Crippen LogP contribution in [0.2, 0.25) is 0 Å². The summed E-state index contributed by atoms with van der Waals surface area (Å²) in [5, 5.41) is 0. The lowest BCUT2D eigenvalue weighted by molar-refractivity contribution is -0.00107. The lowest BCUT2D eigenvalue weighted by atomic mass is 9.89. The molecule has 0 amide bonds. The van der Waals surface area contributed by atoms with Gasteiger partial charge in [-0.1, -0.05) is 22.0 Å². The highest BCUT2D eigenvalue weighted by molar-refractivity contribution is 9.10. The Bertz CT molecular complexity index is 404. The van der Waals surface area contributed by atoms with E-state index in [9.17, 15) is 4.39 Å². The van der Waals surface area contributed by atoms with Crippen LogP contribution in [-0.4, -0.2) is 18.2 Å². The molecule has 1 aliphatic rings. The molecule has 2 N–H and O–H groups in total. The molecule has 1 fully saturated rings. The van der Waals surface area contributed by atoms with E-state index in [4.69, 9.17) is 10.5 Å². The fourth-order valence-corrected chi connectivity index (χ4v) is 2.57. The first-order valence-electron chi connectivity index (χ1n) is 5.85. The molecule has 4 heteroatoms. The van der Waals surface area contributed by atoms with Crippen molar-refractivity contribution < 1.29 is 9.13 Å². The van der Waals surface area contributed by atoms with E-state index >= 15 is 0 Å². The summed E-state index contributed by atoms with van der Waals surface area (Å²) in [6.07, 6.45) is 2.49. The zero-order valence-corrected chi connectivity index (χ0v) is 11.5. The maximum Gasteiger partial charge on any atom is 0.127 e. The number of hydrogen-bond acceptors (Lipinski definition) is 2. The predicted molar refractivity (Wildman–Crippen MR) is 69.4 cm³/mol. The Morgan fingerprint density at radius 2 is 2.35 bits per heavy atom. The Morgan fingerprint density at radius 3 is 2.94 bits per heavy atom. The van der Waals surface area contributed by atoms with Crippen molar-refractivity contribution in [2.24, 2.45) is 5.73 Å². The summed E-state index contributed by atoms with van der Waals surface area (Å²) in [7, 11) is 0. The first-order chi connectivity index (χ1) is 8.01. The predicted octanol–water partition coefficient (Wildman–Crippen LogP) is 3.03. The summed E-state index contributed by atoms with van der Waals surface area (Å²) >= 11 is 3.24. The molecule has 2 unspecified atom stereocenters. The molecule has 1 aromatic rings. The molecule has 1 aliphatic heterocycles. The van der Waals surface area contributed by atoms with Gasteiger partial charge in [0.15, 0.2) is 0 Å². The summed E-state index contributed by atoms with van der Waals surface area (Å²) in [5.41, 5.74) is 6.49. The Kier molecular flexibility index (Phi) is 3.85. The first-order valence-corrected chi connectivity index (χ1v) is 6.64. The molecule has 2 rings (SSSR count). The fraction of sp³-hybridized carbons (Fsp3) is 0.538. The summed E-state index contributed by atoms with van der Waals surface area (Å²) in [5.74, 6) is -0.212. The van der Waals surface area contributed by atoms with Crippen molar-refractivity contribution in [1.82, 2.24) is 0 Å². The van der Waals surface area contributed by atoms with E-state index in [-0.39, 0.29) is 17.5 Å². The van der Waals surface area contributed by atoms with E-state index in [2.05, 4.69) is 15.9 Å². The van der Waals surface area contributed by atoms with Crippen LogP contribution in [0.25, 0.3) is 0 Å². The number of hydrogen-bond donors (Lipinski definition) is 1. The SMILES string of the molecule is CC1(C(N)Cc2ccc(Br)cc2F)CCCO1. The third-order valence-corrected chi connectivity index (χ3v) is 3.98. The van der Waals surface area contributed by atoms with Crippen LogP contribution in [0.4, 0.5) is 4.39 Å². The largest absolute Gasteiger partial charge is 0.374 e. The molecule has 2 atom stereocenters. The Hall–Kier alpha value is -0.450. The van der Waals surface area contributed by atoms with Crippen LogP contribution in [0.5, 0.6) is 0 Å². The van der Waals surface area contributed by atoms with Crippen molar-refractivity contribution >= 4 is 15.9 Å². The highest BCUT2D eigenvalue weighted by Gasteiger charge is 2.36. The second kappa shape index (κ2) is 5.04. The summed E-state index contributed by atoms with van der Waals surface area (Å²) in [6, 6.07) is 4.92. The average molecular weight is 302 g/mol. The van der Waals surface area contributed by atoms with E-state index in [0.29, 0.717) is 12.0 Å². The average Bonchev–Trinajstić information content (AvgIpc) is 2.71. The second-order valence-corrected chi connectivity index (χ2v) is 5.73. The van der Waals surface area contributed by atoms with Crippen molar-refractivity contribution in [3.8, 4) is 0 Å². The minimum atomic E-state index is -0.306. The second-order valence-electron chi connectivity index (χ2n) is 4.81. The Morgan fingerprint density at radius 1 is 1.59 bits per heavy atom. The number of benzene rings is 1. The van der Waals surface area contributed by atoms with Crippen LogP contribution in [0, 0.1) is 5.82 Å². The molecule has 0 aliphatic carbocycles. The quantitative estimate of drug-likeness (QED) is 0.931. The monoisotopic (exact) mass is 301 g/mol. The molecule has 0 radical (unpaired) electrons. The summed E-state index contributed by atoms with van der Waals surface area (Å²) in [6.45, 7) is 2.77. The van der Waals surface area contributed by atoms with Crippen LogP contribution in [-0.2, 0) is 11.2 Å². The van der Waals surface area contributed by atoms with Gasteiger partial charge in [-0.2, -0.15) is 0 Å². The van der Waals surface area contributed by atoms with Gasteiger partial charge in [0.25, 0.3) is 0 Å². The van der Waals surface area contributed by atoms with E-state index in [1.165, 1.54) is 6.07 Å². The molecule has 2 nitrogen and oxygen atoms in total. The van der Waals surface area contributed by atoms with Crippen LogP contribution in [0.3, 0.4) is 0 Å². The van der Waals surface area contributed by atoms with E-state index in [1.807, 2.05) is 13.0 Å². The van der Waals surface area contributed by atoms with Crippen molar-refractivity contribution in [2.45, 2.75) is 37.8 Å². The maximum atomic E-state index is 13.7. The molecule has 94 valence electrons. The fourth-order valence-electron chi connectivity index (χ4n) is 2.23.